The van der Waals surface area contributed by atoms with Crippen LogP contribution in [0.25, 0.3) is 0 Å². The number of unbranched alkanes of at least 4 members (excludes halogenated alkanes) is 1. The SMILES string of the molecule is CCCCC(CC)CNc1n[nH]c(=S)s1. The first kappa shape index (κ1) is 12.6. The Hall–Kier alpha value is -0.420. The predicted molar refractivity (Wildman–Crippen MR) is 69.1 cm³/mol. The minimum atomic E-state index is 0.735. The van der Waals surface area contributed by atoms with Gasteiger partial charge in [0.25, 0.3) is 0 Å². The van der Waals surface area contributed by atoms with Crippen LogP contribution in [0.2, 0.25) is 0 Å². The molecule has 1 aromatic rings. The van der Waals surface area contributed by atoms with E-state index in [9.17, 15) is 0 Å². The van der Waals surface area contributed by atoms with Crippen molar-refractivity contribution in [2.75, 3.05) is 11.9 Å². The number of hydrogen-bond acceptors (Lipinski definition) is 4. The Balaban J connectivity index is 2.30. The summed E-state index contributed by atoms with van der Waals surface area (Å²) in [5, 5.41) is 11.1. The first-order valence-electron chi connectivity index (χ1n) is 5.55. The van der Waals surface area contributed by atoms with E-state index in [1.54, 1.807) is 0 Å². The van der Waals surface area contributed by atoms with Crippen LogP contribution in [0.3, 0.4) is 0 Å². The zero-order chi connectivity index (χ0) is 11.1. The number of nitrogens with one attached hydrogen (secondary N) is 2. The lowest BCUT2D eigenvalue weighted by Crippen LogP contribution is -2.13. The fourth-order valence-electron chi connectivity index (χ4n) is 1.48. The highest BCUT2D eigenvalue weighted by atomic mass is 32.1. The van der Waals surface area contributed by atoms with Crippen molar-refractivity contribution in [2.45, 2.75) is 39.5 Å². The lowest BCUT2D eigenvalue weighted by atomic mass is 10.00. The van der Waals surface area contributed by atoms with Crippen LogP contribution in [-0.4, -0.2) is 16.7 Å². The molecule has 0 aliphatic heterocycles. The molecule has 0 aromatic carbocycles. The molecular weight excluding hydrogens is 226 g/mol. The Labute approximate surface area is 100 Å². The molecule has 0 amide bonds. The summed E-state index contributed by atoms with van der Waals surface area (Å²) in [4.78, 5) is 0. The summed E-state index contributed by atoms with van der Waals surface area (Å²) in [5.41, 5.74) is 0. The van der Waals surface area contributed by atoms with Gasteiger partial charge in [0, 0.05) is 6.54 Å². The molecule has 0 saturated carbocycles. The zero-order valence-electron chi connectivity index (χ0n) is 9.38. The molecule has 3 nitrogen and oxygen atoms in total. The largest absolute Gasteiger partial charge is 0.360 e. The number of anilines is 1. The van der Waals surface area contributed by atoms with Gasteiger partial charge in [-0.2, -0.15) is 0 Å². The van der Waals surface area contributed by atoms with Gasteiger partial charge in [0.1, 0.15) is 0 Å². The first-order chi connectivity index (χ1) is 7.26. The zero-order valence-corrected chi connectivity index (χ0v) is 11.0. The molecule has 0 bridgehead atoms. The van der Waals surface area contributed by atoms with Crippen molar-refractivity contribution < 1.29 is 0 Å². The highest BCUT2D eigenvalue weighted by molar-refractivity contribution is 7.73. The summed E-state index contributed by atoms with van der Waals surface area (Å²) in [6.45, 7) is 5.49. The lowest BCUT2D eigenvalue weighted by molar-refractivity contribution is 0.472. The van der Waals surface area contributed by atoms with Crippen molar-refractivity contribution in [3.8, 4) is 0 Å². The van der Waals surface area contributed by atoms with Crippen molar-refractivity contribution in [3.05, 3.63) is 3.95 Å². The first-order valence-corrected chi connectivity index (χ1v) is 6.78. The Morgan fingerprint density at radius 3 is 2.87 bits per heavy atom. The van der Waals surface area contributed by atoms with Crippen LogP contribution >= 0.6 is 23.6 Å². The van der Waals surface area contributed by atoms with E-state index in [-0.39, 0.29) is 0 Å². The van der Waals surface area contributed by atoms with Crippen molar-refractivity contribution >= 4 is 28.7 Å². The fourth-order valence-corrected chi connectivity index (χ4v) is 2.28. The van der Waals surface area contributed by atoms with Gasteiger partial charge in [-0.25, -0.2) is 0 Å². The van der Waals surface area contributed by atoms with Crippen LogP contribution in [0.5, 0.6) is 0 Å². The molecular formula is C10H19N3S2. The topological polar surface area (TPSA) is 40.7 Å². The van der Waals surface area contributed by atoms with Gasteiger partial charge in [0.2, 0.25) is 5.13 Å². The van der Waals surface area contributed by atoms with Gasteiger partial charge in [-0.05, 0) is 24.6 Å². The van der Waals surface area contributed by atoms with E-state index in [1.807, 2.05) is 0 Å². The van der Waals surface area contributed by atoms with E-state index < -0.39 is 0 Å². The summed E-state index contributed by atoms with van der Waals surface area (Å²) in [6.07, 6.45) is 5.12. The van der Waals surface area contributed by atoms with E-state index >= 15 is 0 Å². The third-order valence-corrected chi connectivity index (χ3v) is 3.57. The van der Waals surface area contributed by atoms with E-state index in [1.165, 1.54) is 37.0 Å². The molecule has 2 N–H and O–H groups in total. The summed E-state index contributed by atoms with van der Waals surface area (Å²) >= 11 is 6.47. The van der Waals surface area contributed by atoms with Crippen LogP contribution in [0, 0.1) is 9.87 Å². The quantitative estimate of drug-likeness (QED) is 0.717. The highest BCUT2D eigenvalue weighted by Crippen LogP contribution is 2.16. The molecule has 1 unspecified atom stereocenters. The van der Waals surface area contributed by atoms with Crippen LogP contribution in [0.15, 0.2) is 0 Å². The molecule has 0 aliphatic rings. The number of hydrogen-bond donors (Lipinski definition) is 2. The van der Waals surface area contributed by atoms with Crippen molar-refractivity contribution in [1.82, 2.24) is 10.2 Å². The monoisotopic (exact) mass is 245 g/mol. The minimum absolute atomic E-state index is 0.735. The molecule has 5 heteroatoms. The summed E-state index contributed by atoms with van der Waals surface area (Å²) < 4.78 is 0.735. The number of aromatic nitrogens is 2. The van der Waals surface area contributed by atoms with Crippen LogP contribution < -0.4 is 5.32 Å². The van der Waals surface area contributed by atoms with Crippen molar-refractivity contribution in [3.63, 3.8) is 0 Å². The van der Waals surface area contributed by atoms with E-state index in [0.717, 1.165) is 21.5 Å². The minimum Gasteiger partial charge on any atom is -0.360 e. The predicted octanol–water partition coefficient (Wildman–Crippen LogP) is 3.83. The molecule has 15 heavy (non-hydrogen) atoms. The Kier molecular flexibility index (Phi) is 5.86. The van der Waals surface area contributed by atoms with Gasteiger partial charge >= 0.3 is 0 Å². The van der Waals surface area contributed by atoms with Gasteiger partial charge in [0.15, 0.2) is 3.95 Å². The maximum Gasteiger partial charge on any atom is 0.204 e. The summed E-state index contributed by atoms with van der Waals surface area (Å²) in [7, 11) is 0. The molecule has 0 aliphatic carbocycles. The number of H-pyrrole nitrogens is 1. The van der Waals surface area contributed by atoms with E-state index in [0.29, 0.717) is 0 Å². The maximum absolute atomic E-state index is 4.97. The average Bonchev–Trinajstić information content (AvgIpc) is 2.65. The van der Waals surface area contributed by atoms with Gasteiger partial charge < -0.3 is 5.32 Å². The number of nitrogens with zero attached hydrogens (tertiary/aromatic N) is 1. The molecule has 0 fully saturated rings. The summed E-state index contributed by atoms with van der Waals surface area (Å²) in [6, 6.07) is 0. The second-order valence-electron chi connectivity index (χ2n) is 3.72. The Bertz CT molecular complexity index is 318. The molecule has 0 spiro atoms. The molecule has 86 valence electrons. The van der Waals surface area contributed by atoms with Crippen LogP contribution in [0.1, 0.15) is 39.5 Å². The number of aromatic amines is 1. The standard InChI is InChI=1S/C10H19N3S2/c1-3-5-6-8(4-2)7-11-9-12-13-10(14)15-9/h8H,3-7H2,1-2H3,(H,11,12)(H,13,14). The normalized spacial score (nSPS) is 12.7. The second-order valence-corrected chi connectivity index (χ2v) is 5.38. The van der Waals surface area contributed by atoms with E-state index in [2.05, 4.69) is 29.4 Å². The average molecular weight is 245 g/mol. The van der Waals surface area contributed by atoms with E-state index in [4.69, 9.17) is 12.2 Å². The van der Waals surface area contributed by atoms with Crippen molar-refractivity contribution in [2.24, 2.45) is 5.92 Å². The fraction of sp³-hybridized carbons (Fsp3) is 0.800. The summed E-state index contributed by atoms with van der Waals surface area (Å²) in [5.74, 6) is 0.752. The maximum atomic E-state index is 4.97. The molecule has 1 heterocycles. The second kappa shape index (κ2) is 6.95. The van der Waals surface area contributed by atoms with Gasteiger partial charge in [-0.1, -0.05) is 44.4 Å². The molecule has 0 saturated heterocycles. The molecule has 0 radical (unpaired) electrons. The molecule has 1 rings (SSSR count). The Morgan fingerprint density at radius 2 is 2.33 bits per heavy atom. The van der Waals surface area contributed by atoms with Gasteiger partial charge in [0.05, 0.1) is 0 Å². The third-order valence-electron chi connectivity index (χ3n) is 2.52. The lowest BCUT2D eigenvalue weighted by Gasteiger charge is -2.14. The molecule has 1 atom stereocenters. The van der Waals surface area contributed by atoms with Crippen LogP contribution in [0.4, 0.5) is 5.13 Å². The van der Waals surface area contributed by atoms with Crippen LogP contribution in [-0.2, 0) is 0 Å². The molecule has 1 aromatic heterocycles. The Morgan fingerprint density at radius 1 is 1.53 bits per heavy atom. The van der Waals surface area contributed by atoms with Crippen molar-refractivity contribution in [1.29, 1.82) is 0 Å². The number of rotatable bonds is 7. The van der Waals surface area contributed by atoms with Gasteiger partial charge in [-0.3, -0.25) is 5.10 Å². The highest BCUT2D eigenvalue weighted by Gasteiger charge is 2.06. The van der Waals surface area contributed by atoms with Gasteiger partial charge in [-0.15, -0.1) is 5.10 Å². The third kappa shape index (κ3) is 4.75. The smallest absolute Gasteiger partial charge is 0.204 e.